The first-order valence-corrected chi connectivity index (χ1v) is 6.81. The summed E-state index contributed by atoms with van der Waals surface area (Å²) >= 11 is 0. The van der Waals surface area contributed by atoms with Crippen LogP contribution in [0.2, 0.25) is 0 Å². The molecule has 0 spiro atoms. The van der Waals surface area contributed by atoms with Gasteiger partial charge in [-0.05, 0) is 42.5 Å². The fourth-order valence-corrected chi connectivity index (χ4v) is 2.67. The van der Waals surface area contributed by atoms with Crippen molar-refractivity contribution >= 4 is 17.0 Å². The van der Waals surface area contributed by atoms with Crippen molar-refractivity contribution in [1.82, 2.24) is 20.2 Å². The number of fused-ring (bicyclic) bond motifs is 2. The van der Waals surface area contributed by atoms with Crippen molar-refractivity contribution in [2.24, 2.45) is 5.84 Å². The Morgan fingerprint density at radius 1 is 1.19 bits per heavy atom. The zero-order valence-corrected chi connectivity index (χ0v) is 11.3. The molecule has 1 aliphatic rings. The van der Waals surface area contributed by atoms with Crippen LogP contribution < -0.4 is 16.0 Å². The summed E-state index contributed by atoms with van der Waals surface area (Å²) in [6.07, 6.45) is 5.10. The number of nitrogen functional groups attached to an aromatic ring is 1. The summed E-state index contributed by atoms with van der Waals surface area (Å²) in [7, 11) is 0. The molecule has 2 heterocycles. The van der Waals surface area contributed by atoms with Gasteiger partial charge in [-0.3, -0.25) is 10.5 Å². The molecule has 106 valence electrons. The second-order valence-corrected chi connectivity index (χ2v) is 5.02. The van der Waals surface area contributed by atoms with Gasteiger partial charge in [0.1, 0.15) is 11.1 Å². The summed E-state index contributed by atoms with van der Waals surface area (Å²) in [6.45, 7) is 0. The van der Waals surface area contributed by atoms with E-state index in [1.807, 2.05) is 6.07 Å². The first kappa shape index (κ1) is 12.1. The van der Waals surface area contributed by atoms with E-state index in [-0.39, 0.29) is 5.95 Å². The van der Waals surface area contributed by atoms with Gasteiger partial charge in [0.15, 0.2) is 5.65 Å². The van der Waals surface area contributed by atoms with E-state index < -0.39 is 0 Å². The topological polar surface area (TPSA) is 102 Å². The number of nitrogens with two attached hydrogens (primary N) is 1. The van der Waals surface area contributed by atoms with Gasteiger partial charge in [-0.25, -0.2) is 5.84 Å². The van der Waals surface area contributed by atoms with Gasteiger partial charge in [0.25, 0.3) is 0 Å². The Balaban J connectivity index is 1.75. The van der Waals surface area contributed by atoms with Gasteiger partial charge in [-0.15, -0.1) is 0 Å². The minimum atomic E-state index is 0.280. The molecule has 7 heteroatoms. The Bertz CT molecular complexity index is 812. The number of nitrogens with one attached hydrogen (secondary N) is 2. The second-order valence-electron chi connectivity index (χ2n) is 5.02. The minimum Gasteiger partial charge on any atom is -0.438 e. The molecule has 0 aliphatic heterocycles. The highest BCUT2D eigenvalue weighted by atomic mass is 16.5. The third kappa shape index (κ3) is 2.07. The predicted molar refractivity (Wildman–Crippen MR) is 78.0 cm³/mol. The Hall–Kier alpha value is -2.67. The van der Waals surface area contributed by atoms with Crippen molar-refractivity contribution in [3.63, 3.8) is 0 Å². The van der Waals surface area contributed by atoms with E-state index in [2.05, 4.69) is 37.7 Å². The number of aromatic nitrogens is 4. The molecule has 0 amide bonds. The van der Waals surface area contributed by atoms with Gasteiger partial charge in [0.2, 0.25) is 11.8 Å². The largest absolute Gasteiger partial charge is 0.438 e. The summed E-state index contributed by atoms with van der Waals surface area (Å²) < 4.78 is 5.91. The average Bonchev–Trinajstić information content (AvgIpc) is 3.14. The molecule has 0 bridgehead atoms. The normalized spacial score (nSPS) is 13.4. The lowest BCUT2D eigenvalue weighted by Gasteiger charge is -2.08. The summed E-state index contributed by atoms with van der Waals surface area (Å²) in [5.41, 5.74) is 5.76. The van der Waals surface area contributed by atoms with Gasteiger partial charge in [-0.1, -0.05) is 6.07 Å². The molecule has 0 fully saturated rings. The van der Waals surface area contributed by atoms with E-state index in [1.54, 1.807) is 6.20 Å². The average molecular weight is 282 g/mol. The molecule has 1 aliphatic carbocycles. The molecule has 4 N–H and O–H groups in total. The number of benzene rings is 1. The molecule has 7 nitrogen and oxygen atoms in total. The molecule has 4 rings (SSSR count). The Morgan fingerprint density at radius 3 is 3.00 bits per heavy atom. The third-order valence-electron chi connectivity index (χ3n) is 3.69. The van der Waals surface area contributed by atoms with Crippen LogP contribution in [0, 0.1) is 0 Å². The summed E-state index contributed by atoms with van der Waals surface area (Å²) in [5, 5.41) is 7.46. The van der Waals surface area contributed by atoms with Crippen LogP contribution in [0.15, 0.2) is 24.4 Å². The second kappa shape index (κ2) is 4.71. The van der Waals surface area contributed by atoms with Gasteiger partial charge >= 0.3 is 0 Å². The van der Waals surface area contributed by atoms with E-state index in [0.29, 0.717) is 11.5 Å². The fraction of sp³-hybridized carbons (Fsp3) is 0.214. The standard InChI is InChI=1S/C14H14N6O/c15-19-14-17-12-11(7-16-20-12)13(18-14)21-10-5-4-8-2-1-3-9(8)6-10/h4-7H,1-3,15H2,(H2,16,17,18,19,20). The van der Waals surface area contributed by atoms with Crippen LogP contribution in [0.5, 0.6) is 11.6 Å². The molecular formula is C14H14N6O. The number of ether oxygens (including phenoxy) is 1. The number of nitrogens with zero attached hydrogens (tertiary/aromatic N) is 3. The quantitative estimate of drug-likeness (QED) is 0.501. The summed E-state index contributed by atoms with van der Waals surface area (Å²) in [5.74, 6) is 6.86. The lowest BCUT2D eigenvalue weighted by molar-refractivity contribution is 0.468. The van der Waals surface area contributed by atoms with Crippen LogP contribution in [0.4, 0.5) is 5.95 Å². The van der Waals surface area contributed by atoms with Crippen molar-refractivity contribution in [3.05, 3.63) is 35.5 Å². The SMILES string of the molecule is NNc1nc(Oc2ccc3c(c2)CCC3)c2cn[nH]c2n1. The minimum absolute atomic E-state index is 0.280. The van der Waals surface area contributed by atoms with Gasteiger partial charge in [-0.2, -0.15) is 15.1 Å². The fourth-order valence-electron chi connectivity index (χ4n) is 2.67. The molecule has 2 aromatic heterocycles. The van der Waals surface area contributed by atoms with Crippen LogP contribution >= 0.6 is 0 Å². The Labute approximate surface area is 120 Å². The van der Waals surface area contributed by atoms with Crippen LogP contribution in [0.3, 0.4) is 0 Å². The van der Waals surface area contributed by atoms with E-state index in [0.717, 1.165) is 24.0 Å². The van der Waals surface area contributed by atoms with Crippen molar-refractivity contribution in [1.29, 1.82) is 0 Å². The zero-order chi connectivity index (χ0) is 14.2. The lowest BCUT2D eigenvalue weighted by atomic mass is 10.1. The molecule has 0 radical (unpaired) electrons. The first-order chi connectivity index (χ1) is 10.3. The van der Waals surface area contributed by atoms with Crippen LogP contribution in [-0.4, -0.2) is 20.2 Å². The molecule has 0 atom stereocenters. The number of H-pyrrole nitrogens is 1. The molecule has 0 saturated heterocycles. The number of anilines is 1. The lowest BCUT2D eigenvalue weighted by Crippen LogP contribution is -2.10. The van der Waals surface area contributed by atoms with Crippen molar-refractivity contribution in [3.8, 4) is 11.6 Å². The maximum atomic E-state index is 5.91. The molecule has 0 unspecified atom stereocenters. The molecule has 0 saturated carbocycles. The first-order valence-electron chi connectivity index (χ1n) is 6.81. The molecule has 21 heavy (non-hydrogen) atoms. The maximum Gasteiger partial charge on any atom is 0.242 e. The summed E-state index contributed by atoms with van der Waals surface area (Å²) in [4.78, 5) is 8.42. The monoisotopic (exact) mass is 282 g/mol. The smallest absolute Gasteiger partial charge is 0.242 e. The summed E-state index contributed by atoms with van der Waals surface area (Å²) in [6, 6.07) is 6.16. The Kier molecular flexibility index (Phi) is 2.71. The maximum absolute atomic E-state index is 5.91. The van der Waals surface area contributed by atoms with E-state index in [4.69, 9.17) is 10.6 Å². The van der Waals surface area contributed by atoms with Gasteiger partial charge in [0, 0.05) is 0 Å². The molecule has 3 aromatic rings. The zero-order valence-electron chi connectivity index (χ0n) is 11.3. The van der Waals surface area contributed by atoms with E-state index >= 15 is 0 Å². The van der Waals surface area contributed by atoms with Crippen molar-refractivity contribution in [2.75, 3.05) is 5.43 Å². The predicted octanol–water partition coefficient (Wildman–Crippen LogP) is 1.92. The van der Waals surface area contributed by atoms with Crippen LogP contribution in [-0.2, 0) is 12.8 Å². The number of rotatable bonds is 3. The number of hydrogen-bond donors (Lipinski definition) is 3. The molecule has 1 aromatic carbocycles. The number of aryl methyl sites for hydroxylation is 2. The van der Waals surface area contributed by atoms with Gasteiger partial charge < -0.3 is 4.74 Å². The van der Waals surface area contributed by atoms with Crippen molar-refractivity contribution < 1.29 is 4.74 Å². The van der Waals surface area contributed by atoms with E-state index in [1.165, 1.54) is 17.5 Å². The number of hydrogen-bond acceptors (Lipinski definition) is 6. The third-order valence-corrected chi connectivity index (χ3v) is 3.69. The highest BCUT2D eigenvalue weighted by Crippen LogP contribution is 2.31. The highest BCUT2D eigenvalue weighted by molar-refractivity contribution is 5.80. The Morgan fingerprint density at radius 2 is 2.10 bits per heavy atom. The van der Waals surface area contributed by atoms with Crippen LogP contribution in [0.1, 0.15) is 17.5 Å². The van der Waals surface area contributed by atoms with Crippen molar-refractivity contribution in [2.45, 2.75) is 19.3 Å². The highest BCUT2D eigenvalue weighted by Gasteiger charge is 2.14. The van der Waals surface area contributed by atoms with E-state index in [9.17, 15) is 0 Å². The number of hydrazine groups is 1. The van der Waals surface area contributed by atoms with Crippen LogP contribution in [0.25, 0.3) is 11.0 Å². The van der Waals surface area contributed by atoms with Gasteiger partial charge in [0.05, 0.1) is 6.20 Å². The molecular weight excluding hydrogens is 268 g/mol. The number of aromatic amines is 1.